The highest BCUT2D eigenvalue weighted by Crippen LogP contribution is 2.48. The molecule has 2 unspecified atom stereocenters. The maximum absolute atomic E-state index is 13.9. The predicted molar refractivity (Wildman–Crippen MR) is 143 cm³/mol. The number of rotatable bonds is 9. The summed E-state index contributed by atoms with van der Waals surface area (Å²) in [4.78, 5) is 38.0. The number of benzene rings is 2. The lowest BCUT2D eigenvalue weighted by Crippen LogP contribution is -2.48. The molecule has 4 N–H and O–H groups in total. The Morgan fingerprint density at radius 1 is 1.27 bits per heavy atom. The van der Waals surface area contributed by atoms with Gasteiger partial charge < -0.3 is 24.2 Å². The monoisotopic (exact) mass is 593 g/mol. The largest absolute Gasteiger partial charge is 0.468 e. The van der Waals surface area contributed by atoms with E-state index in [0.717, 1.165) is 29.3 Å². The molecule has 0 radical (unpaired) electrons. The van der Waals surface area contributed by atoms with Gasteiger partial charge in [-0.25, -0.2) is 9.36 Å². The lowest BCUT2D eigenvalue weighted by atomic mass is 9.95. The Morgan fingerprint density at radius 2 is 2.00 bits per heavy atom. The number of esters is 1. The van der Waals surface area contributed by atoms with Crippen molar-refractivity contribution < 1.29 is 38.1 Å². The van der Waals surface area contributed by atoms with Crippen LogP contribution < -0.4 is 20.9 Å². The van der Waals surface area contributed by atoms with Gasteiger partial charge >= 0.3 is 19.4 Å². The molecule has 6 atom stereocenters. The van der Waals surface area contributed by atoms with E-state index in [-0.39, 0.29) is 5.75 Å². The molecular formula is C25H25ClN3O10P. The van der Waals surface area contributed by atoms with E-state index < -0.39 is 61.7 Å². The van der Waals surface area contributed by atoms with Gasteiger partial charge in [0.1, 0.15) is 24.0 Å². The molecule has 1 aliphatic heterocycles. The van der Waals surface area contributed by atoms with Crippen LogP contribution in [-0.4, -0.2) is 63.3 Å². The normalized spacial score (nSPS) is 24.5. The number of fused-ring (bicyclic) bond motifs is 1. The fourth-order valence-electron chi connectivity index (χ4n) is 4.14. The molecule has 0 aliphatic carbocycles. The smallest absolute Gasteiger partial charge is 0.459 e. The minimum Gasteiger partial charge on any atom is -0.468 e. The van der Waals surface area contributed by atoms with E-state index in [1.54, 1.807) is 24.3 Å². The number of H-pyrrole nitrogens is 1. The van der Waals surface area contributed by atoms with Crippen molar-refractivity contribution in [2.75, 3.05) is 13.7 Å². The average molecular weight is 594 g/mol. The van der Waals surface area contributed by atoms with Crippen LogP contribution in [0.3, 0.4) is 0 Å². The molecule has 1 fully saturated rings. The van der Waals surface area contributed by atoms with Crippen LogP contribution in [0.1, 0.15) is 13.2 Å². The Hall–Kier alpha value is -3.47. The maximum Gasteiger partial charge on any atom is 0.459 e. The highest BCUT2D eigenvalue weighted by Gasteiger charge is 2.56. The molecule has 0 spiro atoms. The first kappa shape index (κ1) is 29.5. The Kier molecular flexibility index (Phi) is 8.82. The fourth-order valence-corrected chi connectivity index (χ4v) is 5.81. The molecule has 1 aromatic heterocycles. The van der Waals surface area contributed by atoms with Crippen LogP contribution in [0.5, 0.6) is 5.75 Å². The third kappa shape index (κ3) is 5.99. The average Bonchev–Trinajstić information content (AvgIpc) is 3.16. The molecule has 212 valence electrons. The third-order valence-corrected chi connectivity index (χ3v) is 7.84. The highest BCUT2D eigenvalue weighted by molar-refractivity contribution is 7.52. The number of carbonyl (C=O) groups excluding carboxylic acids is 1. The van der Waals surface area contributed by atoms with E-state index in [4.69, 9.17) is 30.1 Å². The van der Waals surface area contributed by atoms with Crippen molar-refractivity contribution in [2.45, 2.75) is 37.0 Å². The van der Waals surface area contributed by atoms with Crippen molar-refractivity contribution in [1.29, 1.82) is 0 Å². The minimum atomic E-state index is -4.41. The number of aliphatic hydroxyl groups is 2. The van der Waals surface area contributed by atoms with Crippen LogP contribution in [0.4, 0.5) is 0 Å². The van der Waals surface area contributed by atoms with Crippen molar-refractivity contribution in [3.63, 3.8) is 0 Å². The van der Waals surface area contributed by atoms with Crippen molar-refractivity contribution in [2.24, 2.45) is 0 Å². The summed E-state index contributed by atoms with van der Waals surface area (Å²) in [6.07, 6.45) is -3.89. The van der Waals surface area contributed by atoms with Gasteiger partial charge in [0, 0.05) is 23.0 Å². The second-order valence-corrected chi connectivity index (χ2v) is 10.7. The number of halogens is 1. The van der Waals surface area contributed by atoms with Gasteiger partial charge in [0.15, 0.2) is 6.23 Å². The Labute approximate surface area is 232 Å². The molecule has 40 heavy (non-hydrogen) atoms. The molecular weight excluding hydrogens is 569 g/mol. The van der Waals surface area contributed by atoms with E-state index in [9.17, 15) is 29.2 Å². The van der Waals surface area contributed by atoms with Crippen LogP contribution in [0, 0.1) is 11.3 Å². The number of methoxy groups -OCH3 is 1. The molecule has 1 aliphatic rings. The van der Waals surface area contributed by atoms with E-state index in [2.05, 4.69) is 11.0 Å². The first-order chi connectivity index (χ1) is 19.0. The summed E-state index contributed by atoms with van der Waals surface area (Å²) in [5, 5.41) is 27.9. The molecule has 2 heterocycles. The first-order valence-corrected chi connectivity index (χ1v) is 13.7. The highest BCUT2D eigenvalue weighted by atomic mass is 35.5. The Bertz CT molecular complexity index is 1630. The molecule has 13 nitrogen and oxygen atoms in total. The van der Waals surface area contributed by atoms with Gasteiger partial charge in [-0.2, -0.15) is 5.09 Å². The summed E-state index contributed by atoms with van der Waals surface area (Å²) in [5.74, 6) is 1.62. The summed E-state index contributed by atoms with van der Waals surface area (Å²) in [6, 6.07) is 12.0. The van der Waals surface area contributed by atoms with Gasteiger partial charge in [0.25, 0.3) is 5.56 Å². The van der Waals surface area contributed by atoms with Crippen LogP contribution in [-0.2, 0) is 23.4 Å². The van der Waals surface area contributed by atoms with Gasteiger partial charge in [0.05, 0.1) is 13.7 Å². The standard InChI is InChI=1S/C25H25ClN3O10P/c1-15(22(32)36-2)28-40(35,39-18-9-5-7-16-6-3-4-8-17(16)18)37-14-19-21(31)25(34,11-12-26)23(38-19)29-13-10-20(30)27-24(29)33/h3-10,13,15,19,21,23,31,34H,14H2,1-2H3,(H,28,35)(H,27,30,33)/t15-,19+,21?,23+,25+,40?/m0/s1. The van der Waals surface area contributed by atoms with Crippen molar-refractivity contribution >= 4 is 36.1 Å². The topological polar surface area (TPSA) is 178 Å². The molecule has 0 amide bonds. The van der Waals surface area contributed by atoms with Crippen LogP contribution in [0.2, 0.25) is 0 Å². The SMILES string of the molecule is COC(=O)[C@H](C)NP(=O)(OC[C@H]1O[C@@H](n2ccc(=O)[nH]c2=O)[C@@](O)(C#CCl)C1O)Oc1cccc2ccccc12. The molecule has 2 aromatic carbocycles. The van der Waals surface area contributed by atoms with Gasteiger partial charge in [-0.1, -0.05) is 36.4 Å². The molecule has 4 rings (SSSR count). The van der Waals surface area contributed by atoms with E-state index in [0.29, 0.717) is 5.39 Å². The fraction of sp³-hybridized carbons (Fsp3) is 0.320. The quantitative estimate of drug-likeness (QED) is 0.159. The summed E-state index contributed by atoms with van der Waals surface area (Å²) >= 11 is 5.51. The number of nitrogens with one attached hydrogen (secondary N) is 2. The first-order valence-electron chi connectivity index (χ1n) is 11.8. The van der Waals surface area contributed by atoms with Gasteiger partial charge in [-0.3, -0.25) is 23.7 Å². The van der Waals surface area contributed by atoms with E-state index in [1.807, 2.05) is 28.6 Å². The number of nitrogens with zero attached hydrogens (tertiary/aromatic N) is 1. The number of aliphatic hydroxyl groups excluding tert-OH is 1. The molecule has 15 heteroatoms. The zero-order valence-electron chi connectivity index (χ0n) is 21.1. The van der Waals surface area contributed by atoms with Crippen molar-refractivity contribution in [3.05, 3.63) is 75.6 Å². The van der Waals surface area contributed by atoms with Crippen LogP contribution >= 0.6 is 19.3 Å². The molecule has 1 saturated heterocycles. The Balaban J connectivity index is 1.64. The minimum absolute atomic E-state index is 0.168. The number of aromatic amines is 1. The van der Waals surface area contributed by atoms with Gasteiger partial charge in [-0.15, -0.1) is 0 Å². The number of carbonyl (C=O) groups is 1. The second kappa shape index (κ2) is 12.0. The summed E-state index contributed by atoms with van der Waals surface area (Å²) in [5.41, 5.74) is -4.10. The lowest BCUT2D eigenvalue weighted by Gasteiger charge is -2.26. The predicted octanol–water partition coefficient (Wildman–Crippen LogP) is 1.23. The van der Waals surface area contributed by atoms with Crippen molar-refractivity contribution in [3.8, 4) is 17.0 Å². The number of aromatic nitrogens is 2. The van der Waals surface area contributed by atoms with E-state index >= 15 is 0 Å². The molecule has 0 bridgehead atoms. The lowest BCUT2D eigenvalue weighted by molar-refractivity contribution is -0.142. The number of ether oxygens (including phenoxy) is 2. The van der Waals surface area contributed by atoms with Gasteiger partial charge in [-0.05, 0) is 35.9 Å². The maximum atomic E-state index is 13.9. The zero-order valence-corrected chi connectivity index (χ0v) is 22.8. The van der Waals surface area contributed by atoms with E-state index in [1.165, 1.54) is 6.92 Å². The van der Waals surface area contributed by atoms with Crippen LogP contribution in [0.15, 0.2) is 64.3 Å². The number of hydrogen-bond acceptors (Lipinski definition) is 10. The third-order valence-electron chi connectivity index (χ3n) is 6.12. The summed E-state index contributed by atoms with van der Waals surface area (Å²) in [6.45, 7) is 0.702. The molecule has 0 saturated carbocycles. The van der Waals surface area contributed by atoms with Gasteiger partial charge in [0.2, 0.25) is 5.60 Å². The zero-order chi connectivity index (χ0) is 29.1. The van der Waals surface area contributed by atoms with Crippen molar-refractivity contribution in [1.82, 2.24) is 14.6 Å². The number of hydrogen-bond donors (Lipinski definition) is 4. The Morgan fingerprint density at radius 3 is 2.70 bits per heavy atom. The molecule has 3 aromatic rings. The van der Waals surface area contributed by atoms with Crippen LogP contribution in [0.25, 0.3) is 10.8 Å². The second-order valence-electron chi connectivity index (χ2n) is 8.77. The summed E-state index contributed by atoms with van der Waals surface area (Å²) in [7, 11) is -3.26. The summed E-state index contributed by atoms with van der Waals surface area (Å²) < 4.78 is 36.5.